The number of aliphatic hydroxyl groups is 3. The number of rotatable bonds is 4. The molecule has 214 valence electrons. The fourth-order valence-electron chi connectivity index (χ4n) is 10.1. The van der Waals surface area contributed by atoms with Crippen LogP contribution in [0.15, 0.2) is 11.6 Å². The standard InChI is InChI=1S/C30H46O8/c1-17-25(31)22(35-4)16-24(37-17)38-19-6-10-27(2)18(15-19)5-12-29(33)23(27)8-11-28(3)21(7-13-30(28,29)34)20-9-14-36-26(20)32/h9,17-19,21-25,31,33-34H,5-8,10-16H2,1-4H3/t17?,18?,19?,21?,22?,23?,24?,25?,27-,28+,29-,30+/m0/s1. The average Bonchev–Trinajstić information content (AvgIpc) is 3.42. The summed E-state index contributed by atoms with van der Waals surface area (Å²) < 4.78 is 23.1. The summed E-state index contributed by atoms with van der Waals surface area (Å²) >= 11 is 0. The van der Waals surface area contributed by atoms with E-state index in [2.05, 4.69) is 13.8 Å². The van der Waals surface area contributed by atoms with E-state index in [4.69, 9.17) is 18.9 Å². The summed E-state index contributed by atoms with van der Waals surface area (Å²) in [5.74, 6) is 0.0738. The molecule has 0 bridgehead atoms. The summed E-state index contributed by atoms with van der Waals surface area (Å²) in [7, 11) is 1.62. The van der Waals surface area contributed by atoms with Crippen LogP contribution in [0, 0.1) is 28.6 Å². The number of carbonyl (C=O) groups excluding carboxylic acids is 1. The van der Waals surface area contributed by atoms with Crippen molar-refractivity contribution in [1.29, 1.82) is 0 Å². The number of carbonyl (C=O) groups is 1. The molecule has 8 unspecified atom stereocenters. The molecule has 2 heterocycles. The predicted octanol–water partition coefficient (Wildman–Crippen LogP) is 3.25. The normalized spacial score (nSPS) is 54.5. The Hall–Kier alpha value is -1.03. The van der Waals surface area contributed by atoms with Crippen molar-refractivity contribution in [3.63, 3.8) is 0 Å². The van der Waals surface area contributed by atoms with Gasteiger partial charge in [0.1, 0.15) is 12.7 Å². The largest absolute Gasteiger partial charge is 0.458 e. The molecule has 8 heteroatoms. The fraction of sp³-hybridized carbons (Fsp3) is 0.900. The van der Waals surface area contributed by atoms with Crippen LogP contribution < -0.4 is 0 Å². The van der Waals surface area contributed by atoms with Gasteiger partial charge in [-0.2, -0.15) is 0 Å². The summed E-state index contributed by atoms with van der Waals surface area (Å²) in [5.41, 5.74) is -2.32. The molecule has 5 fully saturated rings. The maximum absolute atomic E-state index is 12.5. The molecule has 6 rings (SSSR count). The van der Waals surface area contributed by atoms with Crippen molar-refractivity contribution in [3.8, 4) is 0 Å². The lowest BCUT2D eigenvalue weighted by atomic mass is 9.41. The van der Waals surface area contributed by atoms with Crippen molar-refractivity contribution in [2.45, 2.75) is 127 Å². The number of hydrogen-bond donors (Lipinski definition) is 3. The molecule has 0 radical (unpaired) electrons. The minimum atomic E-state index is -1.22. The van der Waals surface area contributed by atoms with Gasteiger partial charge in [0, 0.05) is 24.5 Å². The van der Waals surface area contributed by atoms with Gasteiger partial charge >= 0.3 is 5.97 Å². The Bertz CT molecular complexity index is 983. The van der Waals surface area contributed by atoms with Gasteiger partial charge in [-0.3, -0.25) is 0 Å². The van der Waals surface area contributed by atoms with E-state index in [1.54, 1.807) is 7.11 Å². The zero-order valence-corrected chi connectivity index (χ0v) is 23.4. The van der Waals surface area contributed by atoms with Gasteiger partial charge in [0.05, 0.1) is 29.5 Å². The first-order valence-electron chi connectivity index (χ1n) is 14.8. The van der Waals surface area contributed by atoms with E-state index in [-0.39, 0.29) is 41.5 Å². The van der Waals surface area contributed by atoms with Crippen molar-refractivity contribution in [2.75, 3.05) is 13.7 Å². The lowest BCUT2D eigenvalue weighted by Gasteiger charge is -2.67. The second-order valence-electron chi connectivity index (χ2n) is 13.7. The summed E-state index contributed by atoms with van der Waals surface area (Å²) in [6, 6.07) is 0. The highest BCUT2D eigenvalue weighted by atomic mass is 16.7. The Morgan fingerprint density at radius 1 is 1.03 bits per heavy atom. The molecule has 12 atom stereocenters. The molecule has 0 aromatic heterocycles. The first-order valence-corrected chi connectivity index (χ1v) is 14.8. The van der Waals surface area contributed by atoms with Gasteiger partial charge in [0.25, 0.3) is 0 Å². The molecule has 3 N–H and O–H groups in total. The van der Waals surface area contributed by atoms with Crippen LogP contribution in [0.3, 0.4) is 0 Å². The highest BCUT2D eigenvalue weighted by Crippen LogP contribution is 2.71. The van der Waals surface area contributed by atoms with Gasteiger partial charge in [0.2, 0.25) is 0 Å². The molecule has 0 aromatic carbocycles. The summed E-state index contributed by atoms with van der Waals surface area (Å²) in [6.07, 6.45) is 7.79. The van der Waals surface area contributed by atoms with E-state index < -0.39 is 29.0 Å². The van der Waals surface area contributed by atoms with Crippen LogP contribution in [0.1, 0.15) is 85.0 Å². The molecule has 0 spiro atoms. The van der Waals surface area contributed by atoms with E-state index in [0.717, 1.165) is 38.5 Å². The van der Waals surface area contributed by atoms with Crippen molar-refractivity contribution < 1.29 is 39.1 Å². The molecule has 0 aromatic rings. The van der Waals surface area contributed by atoms with E-state index >= 15 is 0 Å². The van der Waals surface area contributed by atoms with Gasteiger partial charge in [-0.1, -0.05) is 13.8 Å². The highest BCUT2D eigenvalue weighted by Gasteiger charge is 2.74. The van der Waals surface area contributed by atoms with Gasteiger partial charge in [0.15, 0.2) is 6.29 Å². The van der Waals surface area contributed by atoms with Gasteiger partial charge in [-0.15, -0.1) is 0 Å². The Morgan fingerprint density at radius 2 is 1.82 bits per heavy atom. The third kappa shape index (κ3) is 3.66. The lowest BCUT2D eigenvalue weighted by Crippen LogP contribution is -2.73. The fourth-order valence-corrected chi connectivity index (χ4v) is 10.1. The van der Waals surface area contributed by atoms with Crippen molar-refractivity contribution in [3.05, 3.63) is 11.6 Å². The molecular formula is C30H46O8. The molecule has 2 aliphatic heterocycles. The number of esters is 1. The van der Waals surface area contributed by atoms with Gasteiger partial charge < -0.3 is 34.3 Å². The average molecular weight is 535 g/mol. The topological polar surface area (TPSA) is 115 Å². The summed E-state index contributed by atoms with van der Waals surface area (Å²) in [5, 5.41) is 35.2. The third-order valence-electron chi connectivity index (χ3n) is 12.3. The SMILES string of the molecule is COC1CC(OC2CC[C@@]3(C)C(CC[C@]4(O)C3CC[C@]3(C)C(C5=CCOC5=O)CC[C@@]34O)C2)OC(C)C1O. The van der Waals surface area contributed by atoms with E-state index in [9.17, 15) is 20.1 Å². The molecule has 8 nitrogen and oxygen atoms in total. The molecule has 4 saturated carbocycles. The molecule has 6 aliphatic rings. The van der Waals surface area contributed by atoms with Gasteiger partial charge in [-0.05, 0) is 94.0 Å². The number of ether oxygens (including phenoxy) is 4. The maximum Gasteiger partial charge on any atom is 0.334 e. The monoisotopic (exact) mass is 534 g/mol. The predicted molar refractivity (Wildman–Crippen MR) is 138 cm³/mol. The Morgan fingerprint density at radius 3 is 2.53 bits per heavy atom. The minimum Gasteiger partial charge on any atom is -0.458 e. The van der Waals surface area contributed by atoms with Crippen molar-refractivity contribution in [2.24, 2.45) is 28.6 Å². The Balaban J connectivity index is 1.18. The van der Waals surface area contributed by atoms with Crippen molar-refractivity contribution in [1.82, 2.24) is 0 Å². The molecular weight excluding hydrogens is 488 g/mol. The molecule has 1 saturated heterocycles. The second-order valence-corrected chi connectivity index (χ2v) is 13.7. The minimum absolute atomic E-state index is 0.00926. The van der Waals surface area contributed by atoms with Crippen LogP contribution in [-0.4, -0.2) is 76.9 Å². The number of fused-ring (bicyclic) bond motifs is 5. The van der Waals surface area contributed by atoms with Crippen molar-refractivity contribution >= 4 is 5.97 Å². The first kappa shape index (κ1) is 27.2. The number of cyclic esters (lactones) is 1. The van der Waals surface area contributed by atoms with E-state index in [0.29, 0.717) is 43.8 Å². The number of aliphatic hydroxyl groups excluding tert-OH is 1. The zero-order valence-electron chi connectivity index (χ0n) is 23.4. The summed E-state index contributed by atoms with van der Waals surface area (Å²) in [6.45, 7) is 6.59. The Labute approximate surface area is 226 Å². The van der Waals surface area contributed by atoms with Crippen LogP contribution in [0.25, 0.3) is 0 Å². The lowest BCUT2D eigenvalue weighted by molar-refractivity contribution is -0.304. The summed E-state index contributed by atoms with van der Waals surface area (Å²) in [4.78, 5) is 12.5. The Kier molecular flexibility index (Phi) is 6.61. The first-order chi connectivity index (χ1) is 18.0. The molecule has 0 amide bonds. The van der Waals surface area contributed by atoms with Crippen LogP contribution in [0.2, 0.25) is 0 Å². The third-order valence-corrected chi connectivity index (χ3v) is 12.3. The molecule has 38 heavy (non-hydrogen) atoms. The quantitative estimate of drug-likeness (QED) is 0.372. The van der Waals surface area contributed by atoms with E-state index in [1.165, 1.54) is 0 Å². The second kappa shape index (κ2) is 9.25. The highest BCUT2D eigenvalue weighted by molar-refractivity contribution is 5.91. The van der Waals surface area contributed by atoms with E-state index in [1.807, 2.05) is 13.0 Å². The number of hydrogen-bond acceptors (Lipinski definition) is 8. The smallest absolute Gasteiger partial charge is 0.334 e. The van der Waals surface area contributed by atoms with Gasteiger partial charge in [-0.25, -0.2) is 4.79 Å². The maximum atomic E-state index is 12.5. The molecule has 4 aliphatic carbocycles. The van der Waals surface area contributed by atoms with Crippen LogP contribution >= 0.6 is 0 Å². The van der Waals surface area contributed by atoms with Crippen LogP contribution in [0.4, 0.5) is 0 Å². The van der Waals surface area contributed by atoms with Crippen LogP contribution in [-0.2, 0) is 23.7 Å². The van der Waals surface area contributed by atoms with Crippen LogP contribution in [0.5, 0.6) is 0 Å². The number of methoxy groups -OCH3 is 1. The zero-order chi connectivity index (χ0) is 27.1.